The molecule has 0 radical (unpaired) electrons. The van der Waals surface area contributed by atoms with Crippen LogP contribution in [-0.4, -0.2) is 23.0 Å². The van der Waals surface area contributed by atoms with Gasteiger partial charge in [0.15, 0.2) is 0 Å². The van der Waals surface area contributed by atoms with Gasteiger partial charge in [-0.25, -0.2) is 0 Å². The predicted octanol–water partition coefficient (Wildman–Crippen LogP) is 1.56. The van der Waals surface area contributed by atoms with E-state index >= 15 is 0 Å². The predicted molar refractivity (Wildman–Crippen MR) is 71.8 cm³/mol. The maximum atomic E-state index is 12.0. The zero-order valence-corrected chi connectivity index (χ0v) is 10.8. The minimum atomic E-state index is -0.781. The molecular weight excluding hydrogens is 244 g/mol. The number of carboxylic acids is 1. The quantitative estimate of drug-likeness (QED) is 0.721. The molecule has 1 amide bonds. The van der Waals surface area contributed by atoms with Gasteiger partial charge in [-0.2, -0.15) is 0 Å². The van der Waals surface area contributed by atoms with Crippen molar-refractivity contribution in [2.75, 3.05) is 5.73 Å². The standard InChI is InChI=1S/C14H18N2O3/c1-8-2-3-9(7-12(8)15)13(17)16-11-5-4-10(6-11)14(18)19/h2-3,7,10-11H,4-6,15H2,1H3,(H,16,17)(H,18,19)/t10-,11+/m1/s1. The lowest BCUT2D eigenvalue weighted by Gasteiger charge is -2.13. The van der Waals surface area contributed by atoms with Gasteiger partial charge >= 0.3 is 5.97 Å². The van der Waals surface area contributed by atoms with Crippen molar-refractivity contribution >= 4 is 17.6 Å². The number of carbonyl (C=O) groups excluding carboxylic acids is 1. The average molecular weight is 262 g/mol. The molecule has 102 valence electrons. The first-order valence-corrected chi connectivity index (χ1v) is 6.37. The normalized spacial score (nSPS) is 22.2. The summed E-state index contributed by atoms with van der Waals surface area (Å²) >= 11 is 0. The molecule has 0 heterocycles. The molecule has 1 aliphatic rings. The highest BCUT2D eigenvalue weighted by atomic mass is 16.4. The van der Waals surface area contributed by atoms with Crippen molar-refractivity contribution in [3.8, 4) is 0 Å². The van der Waals surface area contributed by atoms with Gasteiger partial charge in [0.25, 0.3) is 5.91 Å². The Bertz CT molecular complexity index is 513. The molecule has 19 heavy (non-hydrogen) atoms. The van der Waals surface area contributed by atoms with Crippen molar-refractivity contribution in [3.63, 3.8) is 0 Å². The molecule has 5 heteroatoms. The molecule has 1 aromatic carbocycles. The second kappa shape index (κ2) is 5.30. The number of carbonyl (C=O) groups is 2. The first-order chi connectivity index (χ1) is 8.97. The zero-order chi connectivity index (χ0) is 14.0. The maximum Gasteiger partial charge on any atom is 0.306 e. The number of nitrogens with one attached hydrogen (secondary N) is 1. The molecule has 1 fully saturated rings. The number of aryl methyl sites for hydroxylation is 1. The number of carboxylic acid groups (broad SMARTS) is 1. The van der Waals surface area contributed by atoms with Crippen LogP contribution in [0.5, 0.6) is 0 Å². The van der Waals surface area contributed by atoms with E-state index in [0.29, 0.717) is 30.5 Å². The van der Waals surface area contributed by atoms with Crippen LogP contribution in [0.4, 0.5) is 5.69 Å². The third kappa shape index (κ3) is 3.05. The Kier molecular flexibility index (Phi) is 3.74. The molecule has 1 saturated carbocycles. The minimum Gasteiger partial charge on any atom is -0.481 e. The van der Waals surface area contributed by atoms with Crippen molar-refractivity contribution in [1.82, 2.24) is 5.32 Å². The van der Waals surface area contributed by atoms with E-state index in [9.17, 15) is 9.59 Å². The summed E-state index contributed by atoms with van der Waals surface area (Å²) in [6.45, 7) is 1.88. The number of hydrogen-bond acceptors (Lipinski definition) is 3. The third-order valence-corrected chi connectivity index (χ3v) is 3.66. The lowest BCUT2D eigenvalue weighted by Crippen LogP contribution is -2.33. The Morgan fingerprint density at radius 2 is 2.11 bits per heavy atom. The highest BCUT2D eigenvalue weighted by molar-refractivity contribution is 5.95. The summed E-state index contributed by atoms with van der Waals surface area (Å²) in [7, 11) is 0. The van der Waals surface area contributed by atoms with Crippen LogP contribution in [0, 0.1) is 12.8 Å². The molecule has 4 N–H and O–H groups in total. The molecule has 1 aromatic rings. The molecule has 2 rings (SSSR count). The summed E-state index contributed by atoms with van der Waals surface area (Å²) in [6.07, 6.45) is 1.84. The fourth-order valence-electron chi connectivity index (χ4n) is 2.39. The van der Waals surface area contributed by atoms with Gasteiger partial charge in [-0.05, 0) is 43.9 Å². The van der Waals surface area contributed by atoms with Gasteiger partial charge in [-0.1, -0.05) is 6.07 Å². The van der Waals surface area contributed by atoms with Crippen LogP contribution >= 0.6 is 0 Å². The highest BCUT2D eigenvalue weighted by Gasteiger charge is 2.30. The van der Waals surface area contributed by atoms with Gasteiger partial charge in [0, 0.05) is 17.3 Å². The summed E-state index contributed by atoms with van der Waals surface area (Å²) in [4.78, 5) is 22.9. The van der Waals surface area contributed by atoms with Gasteiger partial charge in [-0.3, -0.25) is 9.59 Å². The van der Waals surface area contributed by atoms with E-state index < -0.39 is 5.97 Å². The van der Waals surface area contributed by atoms with Gasteiger partial charge in [0.1, 0.15) is 0 Å². The maximum absolute atomic E-state index is 12.0. The van der Waals surface area contributed by atoms with Crippen molar-refractivity contribution in [1.29, 1.82) is 0 Å². The van der Waals surface area contributed by atoms with Crippen LogP contribution in [0.3, 0.4) is 0 Å². The molecule has 2 atom stereocenters. The SMILES string of the molecule is Cc1ccc(C(=O)N[C@H]2CC[C@@H](C(=O)O)C2)cc1N. The summed E-state index contributed by atoms with van der Waals surface area (Å²) in [5.41, 5.74) is 7.81. The first kappa shape index (κ1) is 13.4. The molecule has 1 aliphatic carbocycles. The van der Waals surface area contributed by atoms with E-state index in [4.69, 9.17) is 10.8 Å². The Morgan fingerprint density at radius 3 is 2.68 bits per heavy atom. The summed E-state index contributed by atoms with van der Waals surface area (Å²) < 4.78 is 0. The molecule has 0 unspecified atom stereocenters. The summed E-state index contributed by atoms with van der Waals surface area (Å²) in [5, 5.41) is 11.8. The van der Waals surface area contributed by atoms with Crippen molar-refractivity contribution in [2.45, 2.75) is 32.2 Å². The fourth-order valence-corrected chi connectivity index (χ4v) is 2.39. The van der Waals surface area contributed by atoms with Crippen molar-refractivity contribution in [2.24, 2.45) is 5.92 Å². The van der Waals surface area contributed by atoms with Crippen molar-refractivity contribution in [3.05, 3.63) is 29.3 Å². The number of rotatable bonds is 3. The van der Waals surface area contributed by atoms with Crippen LogP contribution < -0.4 is 11.1 Å². The third-order valence-electron chi connectivity index (χ3n) is 3.66. The topological polar surface area (TPSA) is 92.4 Å². The molecule has 0 spiro atoms. The number of nitrogens with two attached hydrogens (primary N) is 1. The Hall–Kier alpha value is -2.04. The van der Waals surface area contributed by atoms with Gasteiger partial charge in [-0.15, -0.1) is 0 Å². The smallest absolute Gasteiger partial charge is 0.306 e. The largest absolute Gasteiger partial charge is 0.481 e. The van der Waals surface area contributed by atoms with Crippen LogP contribution in [0.25, 0.3) is 0 Å². The average Bonchev–Trinajstić information content (AvgIpc) is 2.81. The van der Waals surface area contributed by atoms with Gasteiger partial charge < -0.3 is 16.2 Å². The van der Waals surface area contributed by atoms with E-state index in [1.165, 1.54) is 0 Å². The molecule has 5 nitrogen and oxygen atoms in total. The van der Waals surface area contributed by atoms with E-state index in [-0.39, 0.29) is 17.9 Å². The van der Waals surface area contributed by atoms with E-state index in [1.807, 2.05) is 6.92 Å². The molecule has 0 aliphatic heterocycles. The van der Waals surface area contributed by atoms with Crippen LogP contribution in [0.1, 0.15) is 35.2 Å². The van der Waals surface area contributed by atoms with Crippen molar-refractivity contribution < 1.29 is 14.7 Å². The lowest BCUT2D eigenvalue weighted by atomic mass is 10.1. The zero-order valence-electron chi connectivity index (χ0n) is 10.8. The van der Waals surface area contributed by atoms with Crippen LogP contribution in [-0.2, 0) is 4.79 Å². The number of hydrogen-bond donors (Lipinski definition) is 3. The van der Waals surface area contributed by atoms with E-state index in [2.05, 4.69) is 5.32 Å². The summed E-state index contributed by atoms with van der Waals surface area (Å²) in [5.74, 6) is -1.31. The Balaban J connectivity index is 1.98. The molecular formula is C14H18N2O3. The molecule has 0 saturated heterocycles. The first-order valence-electron chi connectivity index (χ1n) is 6.37. The minimum absolute atomic E-state index is 0.0591. The number of amides is 1. The fraction of sp³-hybridized carbons (Fsp3) is 0.429. The molecule has 0 bridgehead atoms. The van der Waals surface area contributed by atoms with Crippen LogP contribution in [0.15, 0.2) is 18.2 Å². The van der Waals surface area contributed by atoms with E-state index in [1.54, 1.807) is 18.2 Å². The van der Waals surface area contributed by atoms with Gasteiger partial charge in [0.2, 0.25) is 0 Å². The van der Waals surface area contributed by atoms with Gasteiger partial charge in [0.05, 0.1) is 5.92 Å². The molecule has 0 aromatic heterocycles. The van der Waals surface area contributed by atoms with Crippen LogP contribution in [0.2, 0.25) is 0 Å². The monoisotopic (exact) mass is 262 g/mol. The number of nitrogen functional groups attached to an aromatic ring is 1. The number of anilines is 1. The highest BCUT2D eigenvalue weighted by Crippen LogP contribution is 2.26. The second-order valence-corrected chi connectivity index (χ2v) is 5.09. The number of benzene rings is 1. The second-order valence-electron chi connectivity index (χ2n) is 5.09. The lowest BCUT2D eigenvalue weighted by molar-refractivity contribution is -0.141. The Morgan fingerprint density at radius 1 is 1.37 bits per heavy atom. The number of aliphatic carboxylic acids is 1. The summed E-state index contributed by atoms with van der Waals surface area (Å²) in [6, 6.07) is 5.12. The van der Waals surface area contributed by atoms with E-state index in [0.717, 1.165) is 5.56 Å². The Labute approximate surface area is 111 Å².